The molecule has 204 valence electrons. The number of hydrogen-bond donors (Lipinski definition) is 3. The number of benzene rings is 1. The molecule has 0 aliphatic heterocycles. The van der Waals surface area contributed by atoms with Gasteiger partial charge in [-0.3, -0.25) is 0 Å². The van der Waals surface area contributed by atoms with Crippen molar-refractivity contribution in [3.63, 3.8) is 0 Å². The number of fused-ring (bicyclic) bond motifs is 2. The summed E-state index contributed by atoms with van der Waals surface area (Å²) in [6.45, 7) is 2.67. The molecule has 0 saturated heterocycles. The maximum atomic E-state index is 10.1. The lowest BCUT2D eigenvalue weighted by molar-refractivity contribution is 0.286. The molecule has 4 heterocycles. The number of phenols is 1. The Morgan fingerprint density at radius 2 is 1.10 bits per heavy atom. The second kappa shape index (κ2) is 12.2. The third kappa shape index (κ3) is 6.43. The van der Waals surface area contributed by atoms with Gasteiger partial charge < -0.3 is 35.2 Å². The van der Waals surface area contributed by atoms with Gasteiger partial charge in [0.05, 0.1) is 25.9 Å². The molecule has 39 heavy (non-hydrogen) atoms. The number of aryl methyl sites for hydroxylation is 2. The van der Waals surface area contributed by atoms with Crippen molar-refractivity contribution in [2.24, 2.45) is 0 Å². The van der Waals surface area contributed by atoms with E-state index in [1.165, 1.54) is 12.7 Å². The predicted octanol–water partition coefficient (Wildman–Crippen LogP) is 3.33. The van der Waals surface area contributed by atoms with Gasteiger partial charge in [0.15, 0.2) is 22.9 Å². The van der Waals surface area contributed by atoms with Crippen LogP contribution in [0.4, 0.5) is 11.6 Å². The van der Waals surface area contributed by atoms with Crippen molar-refractivity contribution in [1.82, 2.24) is 39.0 Å². The molecular weight excluding hydrogens is 500 g/mol. The molecule has 5 N–H and O–H groups in total. The minimum absolute atomic E-state index is 0.115. The van der Waals surface area contributed by atoms with Gasteiger partial charge in [-0.1, -0.05) is 0 Å². The van der Waals surface area contributed by atoms with Crippen LogP contribution in [0.3, 0.4) is 0 Å². The Kier molecular flexibility index (Phi) is 8.15. The molecule has 0 saturated carbocycles. The molecular formula is C26H32N10O3. The Bertz CT molecular complexity index is 1420. The summed E-state index contributed by atoms with van der Waals surface area (Å²) in [5.74, 6) is 2.08. The number of rotatable bonds is 14. The van der Waals surface area contributed by atoms with Crippen LogP contribution in [-0.4, -0.2) is 57.4 Å². The fourth-order valence-corrected chi connectivity index (χ4v) is 4.35. The smallest absolute Gasteiger partial charge is 0.165 e. The van der Waals surface area contributed by atoms with E-state index < -0.39 is 0 Å². The van der Waals surface area contributed by atoms with Gasteiger partial charge in [0.2, 0.25) is 0 Å². The van der Waals surface area contributed by atoms with Crippen LogP contribution in [0.2, 0.25) is 0 Å². The van der Waals surface area contributed by atoms with Crippen molar-refractivity contribution in [3.8, 4) is 17.2 Å². The molecule has 13 nitrogen and oxygen atoms in total. The van der Waals surface area contributed by atoms with Crippen LogP contribution in [0.5, 0.6) is 17.2 Å². The number of aromatic hydroxyl groups is 1. The highest BCUT2D eigenvalue weighted by Gasteiger charge is 2.09. The fourth-order valence-electron chi connectivity index (χ4n) is 4.35. The van der Waals surface area contributed by atoms with Crippen molar-refractivity contribution in [2.75, 3.05) is 24.7 Å². The van der Waals surface area contributed by atoms with Gasteiger partial charge in [-0.2, -0.15) is 0 Å². The number of hydrogen-bond acceptors (Lipinski definition) is 11. The predicted molar refractivity (Wildman–Crippen MR) is 146 cm³/mol. The Balaban J connectivity index is 0.984. The number of aromatic nitrogens is 8. The highest BCUT2D eigenvalue weighted by atomic mass is 16.5. The van der Waals surface area contributed by atoms with Crippen LogP contribution in [0, 0.1) is 0 Å². The van der Waals surface area contributed by atoms with Crippen LogP contribution < -0.4 is 20.9 Å². The van der Waals surface area contributed by atoms with E-state index in [1.54, 1.807) is 24.8 Å². The van der Waals surface area contributed by atoms with Crippen molar-refractivity contribution in [3.05, 3.63) is 43.5 Å². The number of nitrogens with two attached hydrogens (primary N) is 2. The average molecular weight is 533 g/mol. The molecule has 5 aromatic rings. The SMILES string of the molecule is Nc1ncnc2c1ncn2CCCCCOc1cc(O)cc(OCCCCCn2cnc3c(N)ncnc32)c1. The first-order valence-corrected chi connectivity index (χ1v) is 13.0. The fraction of sp³-hybridized carbons (Fsp3) is 0.385. The highest BCUT2D eigenvalue weighted by Crippen LogP contribution is 2.27. The summed E-state index contributed by atoms with van der Waals surface area (Å²) >= 11 is 0. The second-order valence-electron chi connectivity index (χ2n) is 9.22. The molecule has 0 fully saturated rings. The maximum Gasteiger partial charge on any atom is 0.165 e. The second-order valence-corrected chi connectivity index (χ2v) is 9.22. The minimum Gasteiger partial charge on any atom is -0.508 e. The minimum atomic E-state index is 0.115. The number of imidazole rings is 2. The van der Waals surface area contributed by atoms with Crippen LogP contribution >= 0.6 is 0 Å². The molecule has 1 aromatic carbocycles. The van der Waals surface area contributed by atoms with E-state index in [-0.39, 0.29) is 5.75 Å². The standard InChI is InChI=1S/C26H32N10O3/c27-23-21-25(31-14-29-23)35(16-33-21)7-3-1-5-9-38-19-11-18(37)12-20(13-19)39-10-6-2-4-8-36-17-34-22-24(28)30-15-32-26(22)36/h11-17,37H,1-10H2,(H2,27,29,31)(H2,28,30,32). The van der Waals surface area contributed by atoms with Gasteiger partial charge in [-0.25, -0.2) is 29.9 Å². The topological polar surface area (TPSA) is 178 Å². The lowest BCUT2D eigenvalue weighted by Gasteiger charge is -2.11. The zero-order valence-electron chi connectivity index (χ0n) is 21.6. The maximum absolute atomic E-state index is 10.1. The van der Waals surface area contributed by atoms with Crippen LogP contribution in [0.25, 0.3) is 22.3 Å². The molecule has 13 heteroatoms. The molecule has 0 bridgehead atoms. The Hall–Kier alpha value is -4.68. The van der Waals surface area contributed by atoms with Gasteiger partial charge in [0.1, 0.15) is 40.9 Å². The van der Waals surface area contributed by atoms with Gasteiger partial charge in [0.25, 0.3) is 0 Å². The van der Waals surface area contributed by atoms with E-state index in [2.05, 4.69) is 29.9 Å². The molecule has 0 atom stereocenters. The largest absolute Gasteiger partial charge is 0.508 e. The van der Waals surface area contributed by atoms with E-state index >= 15 is 0 Å². The number of nitrogen functional groups attached to an aromatic ring is 2. The number of anilines is 2. The average Bonchev–Trinajstić information content (AvgIpc) is 3.54. The summed E-state index contributed by atoms with van der Waals surface area (Å²) in [6, 6.07) is 5.00. The van der Waals surface area contributed by atoms with Crippen molar-refractivity contribution in [1.29, 1.82) is 0 Å². The third-order valence-electron chi connectivity index (χ3n) is 6.35. The molecule has 4 aromatic heterocycles. The van der Waals surface area contributed by atoms with Crippen molar-refractivity contribution in [2.45, 2.75) is 51.6 Å². The lowest BCUT2D eigenvalue weighted by Crippen LogP contribution is -2.02. The Labute approximate surface area is 224 Å². The highest BCUT2D eigenvalue weighted by molar-refractivity contribution is 5.81. The Morgan fingerprint density at radius 3 is 1.59 bits per heavy atom. The first-order chi connectivity index (χ1) is 19.1. The summed E-state index contributed by atoms with van der Waals surface area (Å²) in [5, 5.41) is 10.1. The van der Waals surface area contributed by atoms with E-state index in [9.17, 15) is 5.11 Å². The molecule has 0 unspecified atom stereocenters. The van der Waals surface area contributed by atoms with E-state index in [1.807, 2.05) is 15.2 Å². The monoisotopic (exact) mass is 532 g/mol. The number of phenolic OH excluding ortho intramolecular Hbond substituents is 1. The number of ether oxygens (including phenoxy) is 2. The summed E-state index contributed by atoms with van der Waals surface area (Å²) in [6.07, 6.45) is 12.0. The van der Waals surface area contributed by atoms with Crippen LogP contribution in [0.1, 0.15) is 38.5 Å². The van der Waals surface area contributed by atoms with Crippen LogP contribution in [0.15, 0.2) is 43.5 Å². The van der Waals surface area contributed by atoms with Crippen molar-refractivity contribution < 1.29 is 14.6 Å². The third-order valence-corrected chi connectivity index (χ3v) is 6.35. The van der Waals surface area contributed by atoms with Crippen LogP contribution in [-0.2, 0) is 13.1 Å². The van der Waals surface area contributed by atoms with E-state index in [0.717, 1.165) is 62.9 Å². The van der Waals surface area contributed by atoms with E-state index in [0.29, 0.717) is 47.4 Å². The summed E-state index contributed by atoms with van der Waals surface area (Å²) in [7, 11) is 0. The zero-order chi connectivity index (χ0) is 27.0. The van der Waals surface area contributed by atoms with Gasteiger partial charge >= 0.3 is 0 Å². The molecule has 0 amide bonds. The number of unbranched alkanes of at least 4 members (excludes halogenated alkanes) is 4. The molecule has 0 radical (unpaired) electrons. The normalized spacial score (nSPS) is 11.4. The van der Waals surface area contributed by atoms with Gasteiger partial charge in [0, 0.05) is 31.3 Å². The Morgan fingerprint density at radius 1 is 0.615 bits per heavy atom. The molecule has 5 rings (SSSR count). The number of nitrogens with zero attached hydrogens (tertiary/aromatic N) is 8. The summed E-state index contributed by atoms with van der Waals surface area (Å²) < 4.78 is 15.7. The summed E-state index contributed by atoms with van der Waals surface area (Å²) in [4.78, 5) is 25.1. The first kappa shape index (κ1) is 25.9. The molecule has 0 aliphatic rings. The molecule has 0 spiro atoms. The van der Waals surface area contributed by atoms with Crippen molar-refractivity contribution >= 4 is 34.0 Å². The van der Waals surface area contributed by atoms with Gasteiger partial charge in [-0.05, 0) is 38.5 Å². The first-order valence-electron chi connectivity index (χ1n) is 13.0. The summed E-state index contributed by atoms with van der Waals surface area (Å²) in [5.41, 5.74) is 14.4. The lowest BCUT2D eigenvalue weighted by atomic mass is 10.2. The quantitative estimate of drug-likeness (QED) is 0.179. The van der Waals surface area contributed by atoms with E-state index in [4.69, 9.17) is 20.9 Å². The van der Waals surface area contributed by atoms with Gasteiger partial charge in [-0.15, -0.1) is 0 Å². The molecule has 0 aliphatic carbocycles. The zero-order valence-corrected chi connectivity index (χ0v) is 21.6.